The van der Waals surface area contributed by atoms with E-state index in [-0.39, 0.29) is 17.6 Å². The van der Waals surface area contributed by atoms with Crippen molar-refractivity contribution in [3.05, 3.63) is 132 Å². The number of allylic oxidation sites excluding steroid dienone is 6. The maximum Gasteiger partial charge on any atom is 0.230 e. The fraction of sp³-hybridized carbons (Fsp3) is 0.385. The van der Waals surface area contributed by atoms with Crippen LogP contribution in [0.3, 0.4) is 0 Å². The van der Waals surface area contributed by atoms with E-state index in [0.717, 1.165) is 24.3 Å². The van der Waals surface area contributed by atoms with Gasteiger partial charge in [-0.25, -0.2) is 0 Å². The normalized spacial score (nSPS) is 17.8. The molecule has 2 aliphatic carbocycles. The Morgan fingerprint density at radius 2 is 1.37 bits per heavy atom. The fourth-order valence-electron chi connectivity index (χ4n) is 7.07. The number of unbranched alkanes of at least 4 members (excludes halogenated alkanes) is 1. The van der Waals surface area contributed by atoms with Gasteiger partial charge in [0.1, 0.15) is 11.5 Å². The topological polar surface area (TPSA) is 18.5 Å². The highest BCUT2D eigenvalue weighted by atomic mass is 16.7. The molecule has 0 amide bonds. The van der Waals surface area contributed by atoms with Crippen LogP contribution in [-0.2, 0) is 10.8 Å². The lowest BCUT2D eigenvalue weighted by atomic mass is 9.65. The summed E-state index contributed by atoms with van der Waals surface area (Å²) in [5.74, 6) is 1.68. The predicted molar refractivity (Wildman–Crippen MR) is 172 cm³/mol. The van der Waals surface area contributed by atoms with Crippen molar-refractivity contribution in [2.24, 2.45) is 0 Å². The second-order valence-corrected chi connectivity index (χ2v) is 11.7. The van der Waals surface area contributed by atoms with Gasteiger partial charge in [-0.05, 0) is 73.1 Å². The summed E-state index contributed by atoms with van der Waals surface area (Å²) >= 11 is 0. The van der Waals surface area contributed by atoms with Gasteiger partial charge in [0.05, 0.1) is 0 Å². The van der Waals surface area contributed by atoms with Crippen molar-refractivity contribution in [2.45, 2.75) is 88.9 Å². The van der Waals surface area contributed by atoms with E-state index in [2.05, 4.69) is 123 Å². The molecule has 214 valence electrons. The zero-order chi connectivity index (χ0) is 28.4. The Labute approximate surface area is 247 Å². The molecule has 1 saturated carbocycles. The molecule has 1 unspecified atom stereocenters. The minimum atomic E-state index is 0.0568. The summed E-state index contributed by atoms with van der Waals surface area (Å²) < 4.78 is 12.1. The molecule has 5 rings (SSSR count). The first-order valence-electron chi connectivity index (χ1n) is 15.8. The molecule has 41 heavy (non-hydrogen) atoms. The van der Waals surface area contributed by atoms with E-state index >= 15 is 0 Å². The third-order valence-corrected chi connectivity index (χ3v) is 9.47. The van der Waals surface area contributed by atoms with Gasteiger partial charge in [-0.3, -0.25) is 0 Å². The molecule has 0 bridgehead atoms. The average molecular weight is 547 g/mol. The Kier molecular flexibility index (Phi) is 9.83. The molecule has 2 aliphatic rings. The van der Waals surface area contributed by atoms with Crippen LogP contribution in [0.1, 0.15) is 94.7 Å². The average Bonchev–Trinajstić information content (AvgIpc) is 3.34. The zero-order valence-corrected chi connectivity index (χ0v) is 25.0. The Morgan fingerprint density at radius 3 is 2.02 bits per heavy atom. The molecule has 2 heteroatoms. The Morgan fingerprint density at radius 1 is 0.707 bits per heavy atom. The minimum absolute atomic E-state index is 0.0568. The van der Waals surface area contributed by atoms with Crippen LogP contribution in [0.5, 0.6) is 11.5 Å². The van der Waals surface area contributed by atoms with E-state index < -0.39 is 0 Å². The molecule has 1 fully saturated rings. The standard InChI is InChI=1S/C39H46O2/c1-3-5-28-38(4-2,32-16-10-6-7-11-17-32)34-20-24-36(25-21-34)40-31-41-37-26-22-35(23-27-37)39(29-14-9-15-30-39)33-18-12-8-13-19-33/h6-8,10-13,16,18-27H,3-5,9,14-15,17,28-31H2,1-2H3. The van der Waals surface area contributed by atoms with Crippen molar-refractivity contribution >= 4 is 0 Å². The zero-order valence-electron chi connectivity index (χ0n) is 25.0. The number of rotatable bonds is 12. The van der Waals surface area contributed by atoms with Gasteiger partial charge in [-0.2, -0.15) is 0 Å². The van der Waals surface area contributed by atoms with Gasteiger partial charge in [0, 0.05) is 10.8 Å². The summed E-state index contributed by atoms with van der Waals surface area (Å²) in [6.45, 7) is 4.80. The van der Waals surface area contributed by atoms with E-state index in [1.807, 2.05) is 0 Å². The second-order valence-electron chi connectivity index (χ2n) is 11.7. The maximum atomic E-state index is 6.03. The lowest BCUT2D eigenvalue weighted by molar-refractivity contribution is 0.119. The van der Waals surface area contributed by atoms with Crippen molar-refractivity contribution in [1.82, 2.24) is 0 Å². The van der Waals surface area contributed by atoms with Crippen LogP contribution in [-0.4, -0.2) is 6.79 Å². The van der Waals surface area contributed by atoms with Crippen molar-refractivity contribution in [2.75, 3.05) is 6.79 Å². The lowest BCUT2D eigenvalue weighted by Gasteiger charge is -2.38. The highest BCUT2D eigenvalue weighted by molar-refractivity contribution is 5.44. The Balaban J connectivity index is 1.24. The van der Waals surface area contributed by atoms with Gasteiger partial charge in [0.15, 0.2) is 0 Å². The maximum absolute atomic E-state index is 6.03. The highest BCUT2D eigenvalue weighted by Crippen LogP contribution is 2.45. The van der Waals surface area contributed by atoms with Gasteiger partial charge in [0.2, 0.25) is 6.79 Å². The summed E-state index contributed by atoms with van der Waals surface area (Å²) in [6, 6.07) is 28.5. The summed E-state index contributed by atoms with van der Waals surface area (Å²) in [5, 5.41) is 0. The monoisotopic (exact) mass is 546 g/mol. The molecule has 2 nitrogen and oxygen atoms in total. The third-order valence-electron chi connectivity index (χ3n) is 9.47. The van der Waals surface area contributed by atoms with Gasteiger partial charge >= 0.3 is 0 Å². The first kappa shape index (κ1) is 29.0. The molecule has 0 aromatic heterocycles. The van der Waals surface area contributed by atoms with E-state index in [1.165, 1.54) is 73.6 Å². The molecular formula is C39H46O2. The molecule has 0 saturated heterocycles. The summed E-state index contributed by atoms with van der Waals surface area (Å²) in [4.78, 5) is 0. The third kappa shape index (κ3) is 6.53. The Hall–Kier alpha value is -3.52. The molecule has 3 aromatic carbocycles. The number of ether oxygens (including phenoxy) is 2. The van der Waals surface area contributed by atoms with Crippen LogP contribution in [0.4, 0.5) is 0 Å². The number of hydrogen-bond acceptors (Lipinski definition) is 2. The van der Waals surface area contributed by atoms with Crippen LogP contribution in [0.15, 0.2) is 115 Å². The molecule has 0 radical (unpaired) electrons. The van der Waals surface area contributed by atoms with Crippen LogP contribution < -0.4 is 9.47 Å². The van der Waals surface area contributed by atoms with Crippen molar-refractivity contribution in [1.29, 1.82) is 0 Å². The molecule has 0 heterocycles. The molecule has 3 aromatic rings. The van der Waals surface area contributed by atoms with Crippen LogP contribution in [0, 0.1) is 0 Å². The smallest absolute Gasteiger partial charge is 0.230 e. The van der Waals surface area contributed by atoms with Crippen LogP contribution in [0.2, 0.25) is 0 Å². The number of benzene rings is 3. The fourth-order valence-corrected chi connectivity index (χ4v) is 7.07. The predicted octanol–water partition coefficient (Wildman–Crippen LogP) is 10.6. The molecule has 0 N–H and O–H groups in total. The Bertz CT molecular complexity index is 1310. The summed E-state index contributed by atoms with van der Waals surface area (Å²) in [7, 11) is 0. The molecule has 1 atom stereocenters. The van der Waals surface area contributed by atoms with Crippen LogP contribution in [0.25, 0.3) is 0 Å². The van der Waals surface area contributed by atoms with Crippen molar-refractivity contribution in [3.8, 4) is 11.5 Å². The summed E-state index contributed by atoms with van der Waals surface area (Å²) in [6.07, 6.45) is 23.1. The van der Waals surface area contributed by atoms with Crippen LogP contribution >= 0.6 is 0 Å². The largest absolute Gasteiger partial charge is 0.458 e. The molecule has 0 aliphatic heterocycles. The molecule has 0 spiro atoms. The van der Waals surface area contributed by atoms with E-state index in [1.54, 1.807) is 0 Å². The number of hydrogen-bond donors (Lipinski definition) is 0. The summed E-state index contributed by atoms with van der Waals surface area (Å²) in [5.41, 5.74) is 5.88. The van der Waals surface area contributed by atoms with Crippen molar-refractivity contribution < 1.29 is 9.47 Å². The SMILES string of the molecule is CCCCC(CC)(C1=CC=CC=CC1)c1ccc(OCOc2ccc(C3(c4ccccc4)CCCCC3)cc2)cc1. The minimum Gasteiger partial charge on any atom is -0.458 e. The first-order chi connectivity index (χ1) is 20.2. The van der Waals surface area contributed by atoms with E-state index in [0.29, 0.717) is 0 Å². The van der Waals surface area contributed by atoms with E-state index in [9.17, 15) is 0 Å². The molecular weight excluding hydrogens is 500 g/mol. The van der Waals surface area contributed by atoms with Gasteiger partial charge in [-0.1, -0.05) is 137 Å². The highest BCUT2D eigenvalue weighted by Gasteiger charge is 2.36. The quantitative estimate of drug-likeness (QED) is 0.210. The van der Waals surface area contributed by atoms with Crippen molar-refractivity contribution in [3.63, 3.8) is 0 Å². The second kappa shape index (κ2) is 13.9. The first-order valence-corrected chi connectivity index (χ1v) is 15.8. The van der Waals surface area contributed by atoms with Gasteiger partial charge in [-0.15, -0.1) is 0 Å². The van der Waals surface area contributed by atoms with E-state index in [4.69, 9.17) is 9.47 Å². The van der Waals surface area contributed by atoms with Gasteiger partial charge < -0.3 is 9.47 Å². The van der Waals surface area contributed by atoms with Gasteiger partial charge in [0.25, 0.3) is 0 Å². The lowest BCUT2D eigenvalue weighted by Crippen LogP contribution is -2.30.